The molecule has 0 saturated heterocycles. The molecule has 0 fully saturated rings. The van der Waals surface area contributed by atoms with Crippen LogP contribution in [0.1, 0.15) is 12.0 Å². The molecule has 0 aliphatic rings. The summed E-state index contributed by atoms with van der Waals surface area (Å²) in [4.78, 5) is 3.79. The number of alkyl halides is 2. The highest BCUT2D eigenvalue weighted by Crippen LogP contribution is 2.28. The molecule has 2 N–H and O–H groups in total. The second-order valence-electron chi connectivity index (χ2n) is 2.05. The molecule has 0 spiro atoms. The predicted molar refractivity (Wildman–Crippen MR) is 54.0 cm³/mol. The fourth-order valence-corrected chi connectivity index (χ4v) is 1.91. The van der Waals surface area contributed by atoms with E-state index in [1.54, 1.807) is 22.6 Å². The molecule has 0 radical (unpaired) electrons. The SMILES string of the molecule is Nc1cc(C(F)F)c(I)nc1Br. The zero-order valence-electron chi connectivity index (χ0n) is 5.69. The third kappa shape index (κ3) is 2.03. The van der Waals surface area contributed by atoms with Crippen LogP contribution in [0.4, 0.5) is 14.5 Å². The maximum absolute atomic E-state index is 12.2. The van der Waals surface area contributed by atoms with Crippen LogP contribution < -0.4 is 5.73 Å². The van der Waals surface area contributed by atoms with Crippen molar-refractivity contribution in [2.75, 3.05) is 5.73 Å². The Kier molecular flexibility index (Phi) is 3.22. The van der Waals surface area contributed by atoms with E-state index in [0.29, 0.717) is 4.60 Å². The second kappa shape index (κ2) is 3.82. The van der Waals surface area contributed by atoms with Gasteiger partial charge in [0.1, 0.15) is 8.30 Å². The van der Waals surface area contributed by atoms with E-state index in [1.807, 2.05) is 0 Å². The number of hydrogen-bond donors (Lipinski definition) is 1. The first-order chi connectivity index (χ1) is 5.52. The first kappa shape index (κ1) is 10.1. The Balaban J connectivity index is 3.23. The third-order valence-corrected chi connectivity index (χ3v) is 2.72. The lowest BCUT2D eigenvalue weighted by Gasteiger charge is -2.04. The Bertz CT molecular complexity index is 306. The average Bonchev–Trinajstić information content (AvgIpc) is 1.96. The van der Waals surface area contributed by atoms with Gasteiger partial charge in [-0.05, 0) is 44.6 Å². The van der Waals surface area contributed by atoms with Gasteiger partial charge in [0.05, 0.1) is 11.3 Å². The Morgan fingerprint density at radius 2 is 2.17 bits per heavy atom. The quantitative estimate of drug-likeness (QED) is 0.626. The number of rotatable bonds is 1. The number of anilines is 1. The van der Waals surface area contributed by atoms with Crippen LogP contribution in [0.25, 0.3) is 0 Å². The maximum Gasteiger partial charge on any atom is 0.266 e. The van der Waals surface area contributed by atoms with Crippen molar-refractivity contribution in [1.29, 1.82) is 0 Å². The normalized spacial score (nSPS) is 10.8. The molecule has 0 unspecified atom stereocenters. The van der Waals surface area contributed by atoms with Crippen molar-refractivity contribution in [2.45, 2.75) is 6.43 Å². The molecule has 0 aromatic carbocycles. The van der Waals surface area contributed by atoms with Gasteiger partial charge in [0.15, 0.2) is 0 Å². The fourth-order valence-electron chi connectivity index (χ4n) is 0.655. The summed E-state index contributed by atoms with van der Waals surface area (Å²) in [6, 6.07) is 1.23. The van der Waals surface area contributed by atoms with Gasteiger partial charge in [-0.1, -0.05) is 0 Å². The summed E-state index contributed by atoms with van der Waals surface area (Å²) in [5.41, 5.74) is 5.48. The summed E-state index contributed by atoms with van der Waals surface area (Å²) in [5.74, 6) is 0. The number of nitrogens with two attached hydrogens (primary N) is 1. The minimum Gasteiger partial charge on any atom is -0.397 e. The van der Waals surface area contributed by atoms with Crippen molar-refractivity contribution in [2.24, 2.45) is 0 Å². The van der Waals surface area contributed by atoms with Crippen LogP contribution in [-0.4, -0.2) is 4.98 Å². The van der Waals surface area contributed by atoms with Gasteiger partial charge in [0.2, 0.25) is 0 Å². The van der Waals surface area contributed by atoms with Gasteiger partial charge in [-0.3, -0.25) is 0 Å². The molecule has 2 nitrogen and oxygen atoms in total. The number of nitrogens with zero attached hydrogens (tertiary/aromatic N) is 1. The fraction of sp³-hybridized carbons (Fsp3) is 0.167. The zero-order chi connectivity index (χ0) is 9.30. The minimum absolute atomic E-state index is 0.128. The molecule has 1 aromatic rings. The molecule has 6 heteroatoms. The largest absolute Gasteiger partial charge is 0.397 e. The van der Waals surface area contributed by atoms with Crippen molar-refractivity contribution in [3.8, 4) is 0 Å². The molecular weight excluding hydrogens is 345 g/mol. The average molecular weight is 349 g/mol. The van der Waals surface area contributed by atoms with Crippen LogP contribution in [0.3, 0.4) is 0 Å². The Morgan fingerprint density at radius 3 is 2.67 bits per heavy atom. The summed E-state index contributed by atoms with van der Waals surface area (Å²) < 4.78 is 25.1. The van der Waals surface area contributed by atoms with Crippen LogP contribution in [0, 0.1) is 3.70 Å². The van der Waals surface area contributed by atoms with E-state index in [-0.39, 0.29) is 15.0 Å². The predicted octanol–water partition coefficient (Wildman–Crippen LogP) is 2.97. The lowest BCUT2D eigenvalue weighted by molar-refractivity contribution is 0.150. The molecule has 0 bridgehead atoms. The first-order valence-electron chi connectivity index (χ1n) is 2.92. The Labute approximate surface area is 89.8 Å². The van der Waals surface area contributed by atoms with Crippen molar-refractivity contribution in [1.82, 2.24) is 4.98 Å². The highest BCUT2D eigenvalue weighted by molar-refractivity contribution is 14.1. The number of pyridine rings is 1. The van der Waals surface area contributed by atoms with Crippen LogP contribution in [0.5, 0.6) is 0 Å². The van der Waals surface area contributed by atoms with Gasteiger partial charge in [-0.25, -0.2) is 13.8 Å². The molecule has 12 heavy (non-hydrogen) atoms. The van der Waals surface area contributed by atoms with Gasteiger partial charge in [-0.2, -0.15) is 0 Å². The van der Waals surface area contributed by atoms with Gasteiger partial charge >= 0.3 is 0 Å². The molecule has 0 atom stereocenters. The van der Waals surface area contributed by atoms with E-state index in [9.17, 15) is 8.78 Å². The maximum atomic E-state index is 12.2. The zero-order valence-corrected chi connectivity index (χ0v) is 9.43. The van der Waals surface area contributed by atoms with Crippen LogP contribution in [0.2, 0.25) is 0 Å². The Morgan fingerprint density at radius 1 is 1.58 bits per heavy atom. The smallest absolute Gasteiger partial charge is 0.266 e. The van der Waals surface area contributed by atoms with E-state index in [2.05, 4.69) is 20.9 Å². The molecule has 0 aliphatic carbocycles. The highest BCUT2D eigenvalue weighted by atomic mass is 127. The lowest BCUT2D eigenvalue weighted by Crippen LogP contribution is -1.98. The van der Waals surface area contributed by atoms with E-state index in [0.717, 1.165) is 0 Å². The molecule has 1 heterocycles. The summed E-state index contributed by atoms with van der Waals surface area (Å²) >= 11 is 4.78. The number of aromatic nitrogens is 1. The molecule has 1 aromatic heterocycles. The van der Waals surface area contributed by atoms with Crippen molar-refractivity contribution in [3.05, 3.63) is 19.9 Å². The molecule has 0 aliphatic heterocycles. The van der Waals surface area contributed by atoms with E-state index in [1.165, 1.54) is 6.07 Å². The van der Waals surface area contributed by atoms with Crippen LogP contribution in [-0.2, 0) is 0 Å². The van der Waals surface area contributed by atoms with Gasteiger partial charge < -0.3 is 5.73 Å². The Hall–Kier alpha value is 0.0200. The molecular formula is C6H4BrF2IN2. The monoisotopic (exact) mass is 348 g/mol. The summed E-state index contributed by atoms with van der Waals surface area (Å²) in [6.07, 6.45) is -2.53. The van der Waals surface area contributed by atoms with Crippen molar-refractivity contribution in [3.63, 3.8) is 0 Å². The van der Waals surface area contributed by atoms with Crippen molar-refractivity contribution >= 4 is 44.2 Å². The van der Waals surface area contributed by atoms with E-state index >= 15 is 0 Å². The standard InChI is InChI=1S/C6H4BrF2IN2/c7-4-3(11)1-2(5(8)9)6(10)12-4/h1,5H,11H2. The molecule has 0 saturated carbocycles. The number of nitrogen functional groups attached to an aromatic ring is 1. The molecule has 0 amide bonds. The highest BCUT2D eigenvalue weighted by Gasteiger charge is 2.14. The van der Waals surface area contributed by atoms with Gasteiger partial charge in [0, 0.05) is 0 Å². The number of halogens is 4. The lowest BCUT2D eigenvalue weighted by atomic mass is 10.3. The van der Waals surface area contributed by atoms with Gasteiger partial charge in [-0.15, -0.1) is 0 Å². The van der Waals surface area contributed by atoms with E-state index < -0.39 is 6.43 Å². The molecule has 1 rings (SSSR count). The second-order valence-corrected chi connectivity index (χ2v) is 3.82. The van der Waals surface area contributed by atoms with Crippen molar-refractivity contribution < 1.29 is 8.78 Å². The summed E-state index contributed by atoms with van der Waals surface area (Å²) in [6.45, 7) is 0. The summed E-state index contributed by atoms with van der Waals surface area (Å²) in [5, 5.41) is 0. The first-order valence-corrected chi connectivity index (χ1v) is 4.79. The van der Waals surface area contributed by atoms with Gasteiger partial charge in [0.25, 0.3) is 6.43 Å². The third-order valence-electron chi connectivity index (χ3n) is 1.22. The number of hydrogen-bond acceptors (Lipinski definition) is 2. The van der Waals surface area contributed by atoms with Crippen LogP contribution in [0.15, 0.2) is 10.7 Å². The van der Waals surface area contributed by atoms with E-state index in [4.69, 9.17) is 5.73 Å². The molecule has 66 valence electrons. The topological polar surface area (TPSA) is 38.9 Å². The summed E-state index contributed by atoms with van der Waals surface area (Å²) in [7, 11) is 0. The van der Waals surface area contributed by atoms with Crippen LogP contribution >= 0.6 is 38.5 Å². The minimum atomic E-state index is -2.53.